The Kier molecular flexibility index (Phi) is 5.93. The number of methoxy groups -OCH3 is 1. The van der Waals surface area contributed by atoms with Crippen LogP contribution in [0.15, 0.2) is 0 Å². The Morgan fingerprint density at radius 3 is 2.71 bits per heavy atom. The van der Waals surface area contributed by atoms with E-state index >= 15 is 0 Å². The molecule has 0 bridgehead atoms. The molecule has 0 spiro atoms. The molecule has 0 radical (unpaired) electrons. The highest BCUT2D eigenvalue weighted by Crippen LogP contribution is 2.33. The maximum atomic E-state index is 12.4. The summed E-state index contributed by atoms with van der Waals surface area (Å²) in [7, 11) is 1.60. The predicted molar refractivity (Wildman–Crippen MR) is 88.4 cm³/mol. The van der Waals surface area contributed by atoms with Crippen LogP contribution in [0.3, 0.4) is 0 Å². The van der Waals surface area contributed by atoms with Crippen LogP contribution in [0.2, 0.25) is 0 Å². The van der Waals surface area contributed by atoms with E-state index in [1.807, 2.05) is 13.8 Å². The predicted octanol–water partition coefficient (Wildman–Crippen LogP) is 0.429. The van der Waals surface area contributed by atoms with E-state index in [9.17, 15) is 9.59 Å². The zero-order valence-corrected chi connectivity index (χ0v) is 15.0. The van der Waals surface area contributed by atoms with Crippen molar-refractivity contribution < 1.29 is 14.3 Å². The first kappa shape index (κ1) is 18.4. The molecular formula is C16H27N5O3. The topological polar surface area (TPSA) is 89.3 Å². The summed E-state index contributed by atoms with van der Waals surface area (Å²) in [6, 6.07) is 0. The van der Waals surface area contributed by atoms with Gasteiger partial charge in [0.15, 0.2) is 0 Å². The van der Waals surface area contributed by atoms with Crippen molar-refractivity contribution in [2.24, 2.45) is 0 Å². The molecule has 8 heteroatoms. The first-order valence-electron chi connectivity index (χ1n) is 8.30. The smallest absolute Gasteiger partial charge is 0.222 e. The summed E-state index contributed by atoms with van der Waals surface area (Å²) in [4.78, 5) is 30.3. The van der Waals surface area contributed by atoms with E-state index in [0.29, 0.717) is 26.2 Å². The maximum absolute atomic E-state index is 12.4. The Hall–Kier alpha value is -1.96. The van der Waals surface area contributed by atoms with Gasteiger partial charge in [-0.05, 0) is 26.7 Å². The van der Waals surface area contributed by atoms with Gasteiger partial charge >= 0.3 is 0 Å². The highest BCUT2D eigenvalue weighted by atomic mass is 16.5. The lowest BCUT2D eigenvalue weighted by atomic mass is 9.92. The number of ether oxygens (including phenoxy) is 1. The summed E-state index contributed by atoms with van der Waals surface area (Å²) >= 11 is 0. The molecule has 1 N–H and O–H groups in total. The fourth-order valence-corrected chi connectivity index (χ4v) is 3.52. The summed E-state index contributed by atoms with van der Waals surface area (Å²) in [5, 5.41) is 7.19. The van der Waals surface area contributed by atoms with Gasteiger partial charge in [-0.2, -0.15) is 5.10 Å². The number of aromatic nitrogens is 3. The van der Waals surface area contributed by atoms with Crippen LogP contribution in [0.5, 0.6) is 0 Å². The first-order valence-corrected chi connectivity index (χ1v) is 8.30. The van der Waals surface area contributed by atoms with Gasteiger partial charge in [-0.25, -0.2) is 9.67 Å². The molecule has 1 saturated heterocycles. The van der Waals surface area contributed by atoms with Crippen molar-refractivity contribution >= 4 is 11.8 Å². The summed E-state index contributed by atoms with van der Waals surface area (Å²) in [5.74, 6) is 1.47. The standard InChI is InChI=1S/C16H27N5O3/c1-12-18-13(2)21(19-12)9-7-17-15(23)10-16(11-24-4)6-5-8-20(16)14(3)22/h5-11H2,1-4H3,(H,17,23)/t16-/m0/s1. The normalized spacial score (nSPS) is 20.4. The van der Waals surface area contributed by atoms with E-state index in [4.69, 9.17) is 4.74 Å². The summed E-state index contributed by atoms with van der Waals surface area (Å²) < 4.78 is 7.08. The number of nitrogens with one attached hydrogen (secondary N) is 1. The number of carbonyl (C=O) groups excluding carboxylic acids is 2. The lowest BCUT2D eigenvalue weighted by Crippen LogP contribution is -2.52. The number of aryl methyl sites for hydroxylation is 2. The highest BCUT2D eigenvalue weighted by molar-refractivity contribution is 5.80. The van der Waals surface area contributed by atoms with Gasteiger partial charge < -0.3 is 15.0 Å². The van der Waals surface area contributed by atoms with E-state index in [1.165, 1.54) is 0 Å². The number of rotatable bonds is 7. The summed E-state index contributed by atoms with van der Waals surface area (Å²) in [6.45, 7) is 7.39. The first-order chi connectivity index (χ1) is 11.4. The molecule has 1 aromatic heterocycles. The molecule has 1 atom stereocenters. The summed E-state index contributed by atoms with van der Waals surface area (Å²) in [5.41, 5.74) is -0.523. The second-order valence-corrected chi connectivity index (χ2v) is 6.39. The lowest BCUT2D eigenvalue weighted by Gasteiger charge is -2.37. The van der Waals surface area contributed by atoms with Crippen molar-refractivity contribution in [3.05, 3.63) is 11.6 Å². The Labute approximate surface area is 142 Å². The molecule has 1 aliphatic rings. The average Bonchev–Trinajstić information content (AvgIpc) is 3.03. The largest absolute Gasteiger partial charge is 0.382 e. The van der Waals surface area contributed by atoms with Gasteiger partial charge in [-0.15, -0.1) is 0 Å². The van der Waals surface area contributed by atoms with Gasteiger partial charge in [0.05, 0.1) is 25.1 Å². The van der Waals surface area contributed by atoms with Crippen molar-refractivity contribution in [3.8, 4) is 0 Å². The van der Waals surface area contributed by atoms with Crippen LogP contribution >= 0.6 is 0 Å². The maximum Gasteiger partial charge on any atom is 0.222 e. The third-order valence-corrected chi connectivity index (χ3v) is 4.49. The van der Waals surface area contributed by atoms with E-state index in [0.717, 1.165) is 24.5 Å². The molecule has 1 aromatic rings. The van der Waals surface area contributed by atoms with E-state index in [1.54, 1.807) is 23.6 Å². The second kappa shape index (κ2) is 7.74. The molecule has 0 unspecified atom stereocenters. The van der Waals surface area contributed by atoms with Crippen LogP contribution in [0, 0.1) is 13.8 Å². The molecule has 0 saturated carbocycles. The number of amides is 2. The minimum atomic E-state index is -0.523. The number of hydrogen-bond acceptors (Lipinski definition) is 5. The lowest BCUT2D eigenvalue weighted by molar-refractivity contribution is -0.137. The number of likely N-dealkylation sites (tertiary alicyclic amines) is 1. The third-order valence-electron chi connectivity index (χ3n) is 4.49. The van der Waals surface area contributed by atoms with Crippen molar-refractivity contribution in [3.63, 3.8) is 0 Å². The molecule has 2 amide bonds. The SMILES string of the molecule is COC[C@@]1(CC(=O)NCCn2nc(C)nc2C)CCCN1C(C)=O. The number of nitrogens with zero attached hydrogens (tertiary/aromatic N) is 4. The molecule has 2 rings (SSSR count). The Morgan fingerprint density at radius 2 is 2.12 bits per heavy atom. The zero-order valence-electron chi connectivity index (χ0n) is 15.0. The Balaban J connectivity index is 1.91. The average molecular weight is 337 g/mol. The Bertz CT molecular complexity index is 601. The molecule has 8 nitrogen and oxygen atoms in total. The second-order valence-electron chi connectivity index (χ2n) is 6.39. The van der Waals surface area contributed by atoms with Gasteiger partial charge in [-0.3, -0.25) is 9.59 Å². The van der Waals surface area contributed by atoms with Crippen LogP contribution in [-0.4, -0.2) is 63.8 Å². The molecule has 2 heterocycles. The van der Waals surface area contributed by atoms with E-state index < -0.39 is 5.54 Å². The molecule has 0 aliphatic carbocycles. The minimum absolute atomic E-state index is 0.00827. The molecule has 134 valence electrons. The van der Waals surface area contributed by atoms with Crippen LogP contribution in [0.1, 0.15) is 37.8 Å². The third kappa shape index (κ3) is 4.11. The molecule has 0 aromatic carbocycles. The van der Waals surface area contributed by atoms with Crippen LogP contribution in [0.4, 0.5) is 0 Å². The summed E-state index contributed by atoms with van der Waals surface area (Å²) in [6.07, 6.45) is 1.94. The number of hydrogen-bond donors (Lipinski definition) is 1. The minimum Gasteiger partial charge on any atom is -0.382 e. The van der Waals surface area contributed by atoms with Crippen molar-refractivity contribution in [1.29, 1.82) is 0 Å². The van der Waals surface area contributed by atoms with Gasteiger partial charge in [0.2, 0.25) is 11.8 Å². The van der Waals surface area contributed by atoms with Crippen molar-refractivity contribution in [1.82, 2.24) is 25.0 Å². The monoisotopic (exact) mass is 337 g/mol. The van der Waals surface area contributed by atoms with Crippen LogP contribution < -0.4 is 5.32 Å². The van der Waals surface area contributed by atoms with Crippen molar-refractivity contribution in [2.45, 2.75) is 52.1 Å². The van der Waals surface area contributed by atoms with E-state index in [-0.39, 0.29) is 18.2 Å². The molecule has 1 aliphatic heterocycles. The highest BCUT2D eigenvalue weighted by Gasteiger charge is 2.44. The van der Waals surface area contributed by atoms with Crippen molar-refractivity contribution in [2.75, 3.05) is 26.8 Å². The van der Waals surface area contributed by atoms with Gasteiger partial charge in [-0.1, -0.05) is 0 Å². The van der Waals surface area contributed by atoms with Crippen LogP contribution in [-0.2, 0) is 20.9 Å². The zero-order chi connectivity index (χ0) is 17.7. The quantitative estimate of drug-likeness (QED) is 0.779. The molecular weight excluding hydrogens is 310 g/mol. The van der Waals surface area contributed by atoms with Gasteiger partial charge in [0, 0.05) is 27.1 Å². The fourth-order valence-electron chi connectivity index (χ4n) is 3.52. The van der Waals surface area contributed by atoms with Gasteiger partial charge in [0.1, 0.15) is 11.6 Å². The number of carbonyl (C=O) groups is 2. The van der Waals surface area contributed by atoms with E-state index in [2.05, 4.69) is 15.4 Å². The fraction of sp³-hybridized carbons (Fsp3) is 0.750. The Morgan fingerprint density at radius 1 is 1.38 bits per heavy atom. The molecule has 24 heavy (non-hydrogen) atoms. The van der Waals surface area contributed by atoms with Crippen LogP contribution in [0.25, 0.3) is 0 Å². The molecule has 1 fully saturated rings. The van der Waals surface area contributed by atoms with Gasteiger partial charge in [0.25, 0.3) is 0 Å².